The Hall–Kier alpha value is -2.15. The SMILES string of the molecule is CC(=O)Nc1cc(NC(=O)N(C)CC[C@H]2CCCCO2)ccc1F. The summed E-state index contributed by atoms with van der Waals surface area (Å²) in [5.41, 5.74) is 0.462. The van der Waals surface area contributed by atoms with Gasteiger partial charge in [0.15, 0.2) is 0 Å². The van der Waals surface area contributed by atoms with Crippen LogP contribution in [0.5, 0.6) is 0 Å². The average molecular weight is 337 g/mol. The second kappa shape index (κ2) is 8.63. The molecule has 24 heavy (non-hydrogen) atoms. The van der Waals surface area contributed by atoms with Crippen LogP contribution >= 0.6 is 0 Å². The number of ether oxygens (including phenoxy) is 1. The van der Waals surface area contributed by atoms with Crippen LogP contribution in [0.2, 0.25) is 0 Å². The van der Waals surface area contributed by atoms with Gasteiger partial charge in [-0.3, -0.25) is 4.79 Å². The number of anilines is 2. The molecule has 2 rings (SSSR count). The zero-order valence-electron chi connectivity index (χ0n) is 14.1. The van der Waals surface area contributed by atoms with Gasteiger partial charge in [0.25, 0.3) is 0 Å². The van der Waals surface area contributed by atoms with Gasteiger partial charge < -0.3 is 20.3 Å². The van der Waals surface area contributed by atoms with E-state index in [1.54, 1.807) is 11.9 Å². The second-order valence-electron chi connectivity index (χ2n) is 6.00. The first-order valence-corrected chi connectivity index (χ1v) is 8.16. The number of urea groups is 1. The number of nitrogens with zero attached hydrogens (tertiary/aromatic N) is 1. The molecule has 0 saturated carbocycles. The topological polar surface area (TPSA) is 70.7 Å². The predicted octanol–water partition coefficient (Wildman–Crippen LogP) is 3.21. The summed E-state index contributed by atoms with van der Waals surface area (Å²) in [6.07, 6.45) is 4.32. The summed E-state index contributed by atoms with van der Waals surface area (Å²) < 4.78 is 19.3. The van der Waals surface area contributed by atoms with Crippen molar-refractivity contribution in [3.8, 4) is 0 Å². The molecule has 1 aliphatic heterocycles. The molecule has 0 unspecified atom stereocenters. The molecule has 7 heteroatoms. The molecule has 1 aromatic carbocycles. The van der Waals surface area contributed by atoms with Gasteiger partial charge in [0.2, 0.25) is 5.91 Å². The molecule has 3 amide bonds. The largest absolute Gasteiger partial charge is 0.378 e. The Morgan fingerprint density at radius 3 is 2.79 bits per heavy atom. The van der Waals surface area contributed by atoms with E-state index in [0.717, 1.165) is 25.9 Å². The van der Waals surface area contributed by atoms with Crippen molar-refractivity contribution in [3.05, 3.63) is 24.0 Å². The van der Waals surface area contributed by atoms with E-state index < -0.39 is 5.82 Å². The molecule has 0 aromatic heterocycles. The normalized spacial score (nSPS) is 17.2. The zero-order chi connectivity index (χ0) is 17.5. The Morgan fingerprint density at radius 1 is 1.33 bits per heavy atom. The number of benzene rings is 1. The summed E-state index contributed by atoms with van der Waals surface area (Å²) >= 11 is 0. The fraction of sp³-hybridized carbons (Fsp3) is 0.529. The van der Waals surface area contributed by atoms with Crippen molar-refractivity contribution < 1.29 is 18.7 Å². The van der Waals surface area contributed by atoms with Crippen molar-refractivity contribution in [1.82, 2.24) is 4.90 Å². The third-order valence-electron chi connectivity index (χ3n) is 3.94. The molecule has 1 aliphatic rings. The molecular formula is C17H24FN3O3. The van der Waals surface area contributed by atoms with Gasteiger partial charge in [0.05, 0.1) is 11.8 Å². The minimum atomic E-state index is -0.550. The molecule has 0 bridgehead atoms. The van der Waals surface area contributed by atoms with E-state index in [2.05, 4.69) is 10.6 Å². The number of carbonyl (C=O) groups excluding carboxylic acids is 2. The van der Waals surface area contributed by atoms with Gasteiger partial charge in [-0.05, 0) is 43.9 Å². The number of amides is 3. The van der Waals surface area contributed by atoms with Gasteiger partial charge in [-0.15, -0.1) is 0 Å². The van der Waals surface area contributed by atoms with Crippen molar-refractivity contribution in [1.29, 1.82) is 0 Å². The van der Waals surface area contributed by atoms with Crippen LogP contribution < -0.4 is 10.6 Å². The molecular weight excluding hydrogens is 313 g/mol. The Kier molecular flexibility index (Phi) is 6.54. The summed E-state index contributed by atoms with van der Waals surface area (Å²) in [6, 6.07) is 3.77. The Morgan fingerprint density at radius 2 is 2.12 bits per heavy atom. The standard InChI is InChI=1S/C17H24FN3O3/c1-12(22)19-16-11-13(6-7-15(16)18)20-17(23)21(2)9-8-14-5-3-4-10-24-14/h6-7,11,14H,3-5,8-10H2,1-2H3,(H,19,22)(H,20,23)/t14-/m1/s1. The molecule has 132 valence electrons. The highest BCUT2D eigenvalue weighted by Crippen LogP contribution is 2.20. The fourth-order valence-electron chi connectivity index (χ4n) is 2.58. The van der Waals surface area contributed by atoms with Gasteiger partial charge in [-0.2, -0.15) is 0 Å². The van der Waals surface area contributed by atoms with Crippen LogP contribution in [0.4, 0.5) is 20.6 Å². The average Bonchev–Trinajstić information content (AvgIpc) is 2.56. The first-order valence-electron chi connectivity index (χ1n) is 8.16. The minimum absolute atomic E-state index is 0.0403. The van der Waals surface area contributed by atoms with E-state index in [-0.39, 0.29) is 23.7 Å². The smallest absolute Gasteiger partial charge is 0.321 e. The summed E-state index contributed by atoms with van der Waals surface area (Å²) in [4.78, 5) is 24.8. The number of nitrogens with one attached hydrogen (secondary N) is 2. The lowest BCUT2D eigenvalue weighted by Crippen LogP contribution is -2.34. The number of carbonyl (C=O) groups is 2. The van der Waals surface area contributed by atoms with Crippen LogP contribution in [0.3, 0.4) is 0 Å². The first kappa shape index (κ1) is 18.2. The molecule has 2 N–H and O–H groups in total. The molecule has 1 fully saturated rings. The molecule has 0 radical (unpaired) electrons. The number of rotatable bonds is 5. The lowest BCUT2D eigenvalue weighted by molar-refractivity contribution is -0.114. The Labute approximate surface area is 141 Å². The molecule has 1 aromatic rings. The van der Waals surface area contributed by atoms with Crippen molar-refractivity contribution in [2.45, 2.75) is 38.7 Å². The Balaban J connectivity index is 1.87. The predicted molar refractivity (Wildman–Crippen MR) is 90.6 cm³/mol. The number of halogens is 1. The van der Waals surface area contributed by atoms with E-state index in [1.165, 1.54) is 31.5 Å². The molecule has 6 nitrogen and oxygen atoms in total. The summed E-state index contributed by atoms with van der Waals surface area (Å²) in [5, 5.41) is 5.09. The minimum Gasteiger partial charge on any atom is -0.378 e. The molecule has 1 atom stereocenters. The van der Waals surface area contributed by atoms with Crippen LogP contribution in [-0.4, -0.2) is 43.1 Å². The monoisotopic (exact) mass is 337 g/mol. The third-order valence-corrected chi connectivity index (χ3v) is 3.94. The second-order valence-corrected chi connectivity index (χ2v) is 6.00. The van der Waals surface area contributed by atoms with E-state index in [4.69, 9.17) is 4.74 Å². The van der Waals surface area contributed by atoms with Crippen LogP contribution in [0.15, 0.2) is 18.2 Å². The molecule has 0 spiro atoms. The lowest BCUT2D eigenvalue weighted by Gasteiger charge is -2.25. The highest BCUT2D eigenvalue weighted by Gasteiger charge is 2.16. The number of hydrogen-bond donors (Lipinski definition) is 2. The van der Waals surface area contributed by atoms with Gasteiger partial charge in [0, 0.05) is 32.8 Å². The maximum absolute atomic E-state index is 13.6. The van der Waals surface area contributed by atoms with Crippen molar-refractivity contribution in [3.63, 3.8) is 0 Å². The lowest BCUT2D eigenvalue weighted by atomic mass is 10.1. The third kappa shape index (κ3) is 5.49. The van der Waals surface area contributed by atoms with Gasteiger partial charge in [-0.1, -0.05) is 0 Å². The zero-order valence-corrected chi connectivity index (χ0v) is 14.1. The van der Waals surface area contributed by atoms with E-state index in [9.17, 15) is 14.0 Å². The summed E-state index contributed by atoms with van der Waals surface area (Å²) in [5.74, 6) is -0.923. The first-order chi connectivity index (χ1) is 11.5. The van der Waals surface area contributed by atoms with Crippen LogP contribution in [-0.2, 0) is 9.53 Å². The van der Waals surface area contributed by atoms with E-state index in [1.807, 2.05) is 0 Å². The molecule has 1 heterocycles. The van der Waals surface area contributed by atoms with Crippen molar-refractivity contribution >= 4 is 23.3 Å². The van der Waals surface area contributed by atoms with Crippen LogP contribution in [0.1, 0.15) is 32.6 Å². The van der Waals surface area contributed by atoms with Crippen LogP contribution in [0.25, 0.3) is 0 Å². The highest BCUT2D eigenvalue weighted by molar-refractivity contribution is 5.92. The van der Waals surface area contributed by atoms with Crippen LogP contribution in [0, 0.1) is 5.82 Å². The van der Waals surface area contributed by atoms with E-state index >= 15 is 0 Å². The molecule has 0 aliphatic carbocycles. The summed E-state index contributed by atoms with van der Waals surface area (Å²) in [7, 11) is 1.70. The van der Waals surface area contributed by atoms with E-state index in [0.29, 0.717) is 12.2 Å². The van der Waals surface area contributed by atoms with Gasteiger partial charge in [-0.25, -0.2) is 9.18 Å². The van der Waals surface area contributed by atoms with Gasteiger partial charge in [0.1, 0.15) is 5.82 Å². The maximum atomic E-state index is 13.6. The Bertz CT molecular complexity index is 588. The highest BCUT2D eigenvalue weighted by atomic mass is 19.1. The molecule has 1 saturated heterocycles. The number of hydrogen-bond acceptors (Lipinski definition) is 3. The van der Waals surface area contributed by atoms with Crippen molar-refractivity contribution in [2.24, 2.45) is 0 Å². The quantitative estimate of drug-likeness (QED) is 0.867. The van der Waals surface area contributed by atoms with Gasteiger partial charge >= 0.3 is 6.03 Å². The fourth-order valence-corrected chi connectivity index (χ4v) is 2.58. The van der Waals surface area contributed by atoms with Crippen molar-refractivity contribution in [2.75, 3.05) is 30.8 Å². The summed E-state index contributed by atoms with van der Waals surface area (Å²) in [6.45, 7) is 2.67. The maximum Gasteiger partial charge on any atom is 0.321 e.